The molecule has 25 heavy (non-hydrogen) atoms. The number of hydrogen-bond donors (Lipinski definition) is 1. The molecule has 1 aromatic heterocycles. The van der Waals surface area contributed by atoms with Gasteiger partial charge in [0, 0.05) is 37.7 Å². The van der Waals surface area contributed by atoms with Gasteiger partial charge in [0.15, 0.2) is 0 Å². The van der Waals surface area contributed by atoms with Crippen LogP contribution in [0.15, 0.2) is 30.6 Å². The summed E-state index contributed by atoms with van der Waals surface area (Å²) < 4.78 is 15.4. The fourth-order valence-corrected chi connectivity index (χ4v) is 3.17. The van der Waals surface area contributed by atoms with Gasteiger partial charge in [-0.25, -0.2) is 9.07 Å². The Balaban J connectivity index is 1.41. The summed E-state index contributed by atoms with van der Waals surface area (Å²) >= 11 is 0. The number of halogens is 1. The lowest BCUT2D eigenvalue weighted by molar-refractivity contribution is -0.122. The van der Waals surface area contributed by atoms with Crippen LogP contribution in [0.1, 0.15) is 31.2 Å². The Morgan fingerprint density at radius 3 is 3.04 bits per heavy atom. The van der Waals surface area contributed by atoms with Crippen molar-refractivity contribution >= 4 is 5.91 Å². The number of hydrogen-bond acceptors (Lipinski definition) is 5. The Morgan fingerprint density at radius 2 is 2.24 bits per heavy atom. The summed E-state index contributed by atoms with van der Waals surface area (Å²) in [6.07, 6.45) is 4.66. The van der Waals surface area contributed by atoms with E-state index in [1.807, 2.05) is 12.1 Å². The first-order chi connectivity index (χ1) is 12.2. The number of rotatable bonds is 7. The molecular weight excluding hydrogens is 323 g/mol. The van der Waals surface area contributed by atoms with E-state index in [9.17, 15) is 9.18 Å². The second-order valence-electron chi connectivity index (χ2n) is 6.41. The average molecular weight is 346 g/mol. The molecule has 134 valence electrons. The monoisotopic (exact) mass is 346 g/mol. The lowest BCUT2D eigenvalue weighted by Crippen LogP contribution is -2.47. The zero-order chi connectivity index (χ0) is 17.5. The van der Waals surface area contributed by atoms with Crippen molar-refractivity contribution in [3.63, 3.8) is 0 Å². The molecule has 0 spiro atoms. The second-order valence-corrected chi connectivity index (χ2v) is 6.41. The number of nitrogens with zero attached hydrogens (tertiary/aromatic N) is 5. The van der Waals surface area contributed by atoms with Crippen molar-refractivity contribution in [3.05, 3.63) is 42.0 Å². The number of nitrogens with one attached hydrogen (secondary N) is 1. The van der Waals surface area contributed by atoms with E-state index in [1.165, 1.54) is 6.07 Å². The van der Waals surface area contributed by atoms with E-state index in [0.29, 0.717) is 31.5 Å². The summed E-state index contributed by atoms with van der Waals surface area (Å²) in [7, 11) is 0. The Morgan fingerprint density at radius 1 is 1.36 bits per heavy atom. The first-order valence-corrected chi connectivity index (χ1v) is 8.66. The highest BCUT2D eigenvalue weighted by molar-refractivity contribution is 5.76. The predicted octanol–water partition coefficient (Wildman–Crippen LogP) is 1.37. The summed E-state index contributed by atoms with van der Waals surface area (Å²) in [5.74, 6) is -0.123. The number of likely N-dealkylation sites (tertiary alicyclic amines) is 1. The molecule has 0 aliphatic carbocycles. The molecular formula is C17H23FN6O. The van der Waals surface area contributed by atoms with Gasteiger partial charge in [-0.05, 0) is 42.3 Å². The highest BCUT2D eigenvalue weighted by Gasteiger charge is 2.22. The van der Waals surface area contributed by atoms with Gasteiger partial charge in [0.2, 0.25) is 5.91 Å². The van der Waals surface area contributed by atoms with Gasteiger partial charge in [0.1, 0.15) is 12.1 Å². The third kappa shape index (κ3) is 5.32. The number of aryl methyl sites for hydroxylation is 1. The highest BCUT2D eigenvalue weighted by Crippen LogP contribution is 2.16. The third-order valence-electron chi connectivity index (χ3n) is 4.40. The quantitative estimate of drug-likeness (QED) is 0.819. The first-order valence-electron chi connectivity index (χ1n) is 8.66. The van der Waals surface area contributed by atoms with Crippen LogP contribution in [0.3, 0.4) is 0 Å². The summed E-state index contributed by atoms with van der Waals surface area (Å²) in [6.45, 7) is 2.90. The van der Waals surface area contributed by atoms with Crippen LogP contribution in [0.25, 0.3) is 0 Å². The highest BCUT2D eigenvalue weighted by atomic mass is 19.1. The number of benzene rings is 1. The van der Waals surface area contributed by atoms with Crippen molar-refractivity contribution in [1.82, 2.24) is 30.4 Å². The molecule has 1 N–H and O–H groups in total. The van der Waals surface area contributed by atoms with E-state index in [-0.39, 0.29) is 17.8 Å². The van der Waals surface area contributed by atoms with Crippen LogP contribution >= 0.6 is 0 Å². The molecule has 2 aromatic rings. The molecule has 0 saturated carbocycles. The van der Waals surface area contributed by atoms with E-state index in [0.717, 1.165) is 25.9 Å². The van der Waals surface area contributed by atoms with Crippen molar-refractivity contribution in [2.24, 2.45) is 0 Å². The molecule has 1 unspecified atom stereocenters. The van der Waals surface area contributed by atoms with Crippen molar-refractivity contribution < 1.29 is 9.18 Å². The molecule has 2 heterocycles. The van der Waals surface area contributed by atoms with E-state index in [4.69, 9.17) is 0 Å². The third-order valence-corrected chi connectivity index (χ3v) is 4.40. The minimum atomic E-state index is -0.170. The number of aromatic nitrogens is 4. The molecule has 1 fully saturated rings. The van der Waals surface area contributed by atoms with Crippen LogP contribution in [-0.2, 0) is 17.9 Å². The lowest BCUT2D eigenvalue weighted by Gasteiger charge is -2.33. The minimum Gasteiger partial charge on any atom is -0.352 e. The van der Waals surface area contributed by atoms with Crippen molar-refractivity contribution in [3.8, 4) is 0 Å². The fourth-order valence-electron chi connectivity index (χ4n) is 3.17. The standard InChI is InChI=1S/C17H23FN6O/c18-16-7-2-1-5-14(16)11-23-9-3-6-15(12-23)20-17(25)8-4-10-24-13-19-21-22-24/h1-2,5,7,13,15H,3-4,6,8-12H2,(H,20,25). The molecule has 7 nitrogen and oxygen atoms in total. The SMILES string of the molecule is O=C(CCCn1cnnn1)NC1CCCN(Cc2ccccc2F)C1. The minimum absolute atomic E-state index is 0.0471. The van der Waals surface area contributed by atoms with Gasteiger partial charge in [-0.2, -0.15) is 0 Å². The van der Waals surface area contributed by atoms with Crippen molar-refractivity contribution in [2.75, 3.05) is 13.1 Å². The second kappa shape index (κ2) is 8.66. The predicted molar refractivity (Wildman–Crippen MR) is 89.9 cm³/mol. The molecule has 1 aliphatic heterocycles. The van der Waals surface area contributed by atoms with Gasteiger partial charge in [0.25, 0.3) is 0 Å². The summed E-state index contributed by atoms with van der Waals surface area (Å²) in [6, 6.07) is 6.99. The topological polar surface area (TPSA) is 75.9 Å². The maximum atomic E-state index is 13.8. The summed E-state index contributed by atoms with van der Waals surface area (Å²) in [5.41, 5.74) is 0.705. The van der Waals surface area contributed by atoms with Crippen LogP contribution in [0, 0.1) is 5.82 Å². The van der Waals surface area contributed by atoms with E-state index < -0.39 is 0 Å². The van der Waals surface area contributed by atoms with Crippen LogP contribution in [-0.4, -0.2) is 50.1 Å². The number of carbonyl (C=O) groups excluding carboxylic acids is 1. The van der Waals surface area contributed by atoms with E-state index in [1.54, 1.807) is 17.1 Å². The van der Waals surface area contributed by atoms with Crippen LogP contribution in [0.4, 0.5) is 4.39 Å². The maximum absolute atomic E-state index is 13.8. The van der Waals surface area contributed by atoms with Gasteiger partial charge in [-0.1, -0.05) is 18.2 Å². The zero-order valence-corrected chi connectivity index (χ0v) is 14.1. The molecule has 3 rings (SSSR count). The van der Waals surface area contributed by atoms with Gasteiger partial charge in [-0.3, -0.25) is 9.69 Å². The Bertz CT molecular complexity index is 678. The largest absolute Gasteiger partial charge is 0.352 e. The van der Waals surface area contributed by atoms with Crippen molar-refractivity contribution in [2.45, 2.75) is 44.8 Å². The van der Waals surface area contributed by atoms with Crippen molar-refractivity contribution in [1.29, 1.82) is 0 Å². The molecule has 1 atom stereocenters. The van der Waals surface area contributed by atoms with Gasteiger partial charge >= 0.3 is 0 Å². The smallest absolute Gasteiger partial charge is 0.220 e. The number of carbonyl (C=O) groups is 1. The Hall–Kier alpha value is -2.35. The number of tetrazole rings is 1. The summed E-state index contributed by atoms with van der Waals surface area (Å²) in [5, 5.41) is 14.0. The molecule has 8 heteroatoms. The van der Waals surface area contributed by atoms with Crippen LogP contribution < -0.4 is 5.32 Å². The number of piperidine rings is 1. The molecule has 1 aromatic carbocycles. The fraction of sp³-hybridized carbons (Fsp3) is 0.529. The normalized spacial score (nSPS) is 18.2. The van der Waals surface area contributed by atoms with Crippen LogP contribution in [0.2, 0.25) is 0 Å². The van der Waals surface area contributed by atoms with Crippen LogP contribution in [0.5, 0.6) is 0 Å². The van der Waals surface area contributed by atoms with Gasteiger partial charge in [0.05, 0.1) is 0 Å². The van der Waals surface area contributed by atoms with E-state index in [2.05, 4.69) is 25.7 Å². The van der Waals surface area contributed by atoms with Gasteiger partial charge < -0.3 is 5.32 Å². The average Bonchev–Trinajstić information content (AvgIpc) is 3.11. The molecule has 1 aliphatic rings. The lowest BCUT2D eigenvalue weighted by atomic mass is 10.0. The molecule has 1 amide bonds. The Labute approximate surface area is 146 Å². The zero-order valence-electron chi connectivity index (χ0n) is 14.1. The summed E-state index contributed by atoms with van der Waals surface area (Å²) in [4.78, 5) is 14.3. The molecule has 0 radical (unpaired) electrons. The molecule has 1 saturated heterocycles. The van der Waals surface area contributed by atoms with E-state index >= 15 is 0 Å². The molecule has 0 bridgehead atoms. The Kier molecular flexibility index (Phi) is 6.05. The first kappa shape index (κ1) is 17.5. The van der Waals surface area contributed by atoms with Gasteiger partial charge in [-0.15, -0.1) is 5.10 Å². The maximum Gasteiger partial charge on any atom is 0.220 e. The number of amides is 1.